The van der Waals surface area contributed by atoms with E-state index in [2.05, 4.69) is 15.3 Å². The topological polar surface area (TPSA) is 124 Å². The summed E-state index contributed by atoms with van der Waals surface area (Å²) in [6.45, 7) is 0.196. The molecule has 8 nitrogen and oxygen atoms in total. The smallest absolute Gasteiger partial charge is 0.251 e. The number of sulfonamides is 1. The van der Waals surface area contributed by atoms with Gasteiger partial charge in [-0.3, -0.25) is 4.79 Å². The number of primary sulfonamides is 1. The van der Waals surface area contributed by atoms with Gasteiger partial charge in [-0.2, -0.15) is 0 Å². The minimum absolute atomic E-state index is 0.0519. The van der Waals surface area contributed by atoms with Gasteiger partial charge in [-0.15, -0.1) is 0 Å². The van der Waals surface area contributed by atoms with Crippen molar-refractivity contribution in [1.29, 1.82) is 0 Å². The van der Waals surface area contributed by atoms with Crippen molar-refractivity contribution in [2.24, 2.45) is 5.14 Å². The number of methoxy groups -OCH3 is 1. The minimum Gasteiger partial charge on any atom is -0.497 e. The maximum atomic E-state index is 12.3. The Kier molecular flexibility index (Phi) is 5.67. The van der Waals surface area contributed by atoms with Crippen molar-refractivity contribution in [3.05, 3.63) is 72.2 Å². The van der Waals surface area contributed by atoms with Crippen molar-refractivity contribution < 1.29 is 17.9 Å². The van der Waals surface area contributed by atoms with Crippen molar-refractivity contribution in [3.8, 4) is 17.0 Å². The van der Waals surface area contributed by atoms with Crippen LogP contribution in [0, 0.1) is 0 Å². The van der Waals surface area contributed by atoms with Gasteiger partial charge in [0.2, 0.25) is 10.0 Å². The molecule has 3 rings (SSSR count). The van der Waals surface area contributed by atoms with Crippen LogP contribution >= 0.6 is 0 Å². The fourth-order valence-electron chi connectivity index (χ4n) is 2.48. The van der Waals surface area contributed by atoms with Crippen LogP contribution in [0.1, 0.15) is 16.1 Å². The lowest BCUT2D eigenvalue weighted by Crippen LogP contribution is -2.23. The largest absolute Gasteiger partial charge is 0.497 e. The third kappa shape index (κ3) is 4.70. The lowest BCUT2D eigenvalue weighted by atomic mass is 10.1. The van der Waals surface area contributed by atoms with E-state index < -0.39 is 10.0 Å². The molecule has 1 heterocycles. The molecule has 0 unspecified atom stereocenters. The Hall–Kier alpha value is -3.30. The van der Waals surface area contributed by atoms with E-state index in [9.17, 15) is 13.2 Å². The molecule has 0 spiro atoms. The summed E-state index contributed by atoms with van der Waals surface area (Å²) < 4.78 is 27.7. The highest BCUT2D eigenvalue weighted by Crippen LogP contribution is 2.20. The number of nitrogens with two attached hydrogens (primary N) is 1. The summed E-state index contributed by atoms with van der Waals surface area (Å²) in [5.74, 6) is 0.393. The maximum Gasteiger partial charge on any atom is 0.251 e. The van der Waals surface area contributed by atoms with Crippen LogP contribution in [0.5, 0.6) is 5.75 Å². The van der Waals surface area contributed by atoms with Crippen LogP contribution in [-0.2, 0) is 16.6 Å². The first kappa shape index (κ1) is 19.5. The standard InChI is InChI=1S/C19H18N4O4S/c1-27-16-6-2-13(3-7-16)18-10-15(22-12-23-18)11-21-19(24)14-4-8-17(9-5-14)28(20,25)26/h2-10,12H,11H2,1H3,(H,21,24)(H2,20,25,26). The predicted molar refractivity (Wildman–Crippen MR) is 103 cm³/mol. The summed E-state index contributed by atoms with van der Waals surface area (Å²) in [5, 5.41) is 7.79. The second-order valence-electron chi connectivity index (χ2n) is 5.88. The lowest BCUT2D eigenvalue weighted by molar-refractivity contribution is 0.0950. The molecule has 28 heavy (non-hydrogen) atoms. The van der Waals surface area contributed by atoms with E-state index in [4.69, 9.17) is 9.88 Å². The molecular weight excluding hydrogens is 380 g/mol. The van der Waals surface area contributed by atoms with Gasteiger partial charge in [0.05, 0.1) is 29.9 Å². The van der Waals surface area contributed by atoms with E-state index in [0.29, 0.717) is 11.3 Å². The first-order chi connectivity index (χ1) is 13.4. The van der Waals surface area contributed by atoms with Crippen molar-refractivity contribution in [2.75, 3.05) is 7.11 Å². The van der Waals surface area contributed by atoms with Gasteiger partial charge in [-0.1, -0.05) is 0 Å². The second kappa shape index (κ2) is 8.15. The number of hydrogen-bond donors (Lipinski definition) is 2. The van der Waals surface area contributed by atoms with Gasteiger partial charge in [0.1, 0.15) is 12.1 Å². The van der Waals surface area contributed by atoms with Crippen LogP contribution in [-0.4, -0.2) is 31.4 Å². The van der Waals surface area contributed by atoms with Gasteiger partial charge in [0.25, 0.3) is 5.91 Å². The summed E-state index contributed by atoms with van der Waals surface area (Å²) in [4.78, 5) is 20.6. The van der Waals surface area contributed by atoms with Crippen LogP contribution in [0.15, 0.2) is 65.8 Å². The molecule has 0 aliphatic rings. The lowest BCUT2D eigenvalue weighted by Gasteiger charge is -2.07. The number of benzene rings is 2. The van der Waals surface area contributed by atoms with Crippen molar-refractivity contribution >= 4 is 15.9 Å². The molecule has 0 fully saturated rings. The summed E-state index contributed by atoms with van der Waals surface area (Å²) in [5.41, 5.74) is 2.57. The first-order valence-corrected chi connectivity index (χ1v) is 9.78. The first-order valence-electron chi connectivity index (χ1n) is 8.23. The molecule has 1 amide bonds. The summed E-state index contributed by atoms with van der Waals surface area (Å²) in [6.07, 6.45) is 1.43. The average Bonchev–Trinajstić information content (AvgIpc) is 2.72. The van der Waals surface area contributed by atoms with Crippen molar-refractivity contribution in [1.82, 2.24) is 15.3 Å². The maximum absolute atomic E-state index is 12.3. The fourth-order valence-corrected chi connectivity index (χ4v) is 3.00. The number of carbonyl (C=O) groups is 1. The van der Waals surface area contributed by atoms with Crippen LogP contribution < -0.4 is 15.2 Å². The van der Waals surface area contributed by atoms with Gasteiger partial charge in [0, 0.05) is 11.1 Å². The van der Waals surface area contributed by atoms with Crippen molar-refractivity contribution in [3.63, 3.8) is 0 Å². The molecule has 144 valence electrons. The van der Waals surface area contributed by atoms with Gasteiger partial charge in [-0.05, 0) is 54.6 Å². The second-order valence-corrected chi connectivity index (χ2v) is 7.44. The third-order valence-electron chi connectivity index (χ3n) is 3.98. The normalized spacial score (nSPS) is 11.1. The Morgan fingerprint density at radius 3 is 2.36 bits per heavy atom. The quantitative estimate of drug-likeness (QED) is 0.652. The molecule has 0 saturated heterocycles. The number of nitrogens with one attached hydrogen (secondary N) is 1. The monoisotopic (exact) mass is 398 g/mol. The fraction of sp³-hybridized carbons (Fsp3) is 0.105. The number of hydrogen-bond acceptors (Lipinski definition) is 6. The van der Waals surface area contributed by atoms with E-state index >= 15 is 0 Å². The molecule has 0 aliphatic carbocycles. The van der Waals surface area contributed by atoms with E-state index in [-0.39, 0.29) is 17.3 Å². The van der Waals surface area contributed by atoms with E-state index in [0.717, 1.165) is 17.0 Å². The minimum atomic E-state index is -3.79. The SMILES string of the molecule is COc1ccc(-c2cc(CNC(=O)c3ccc(S(N)(=O)=O)cc3)ncn2)cc1. The highest BCUT2D eigenvalue weighted by Gasteiger charge is 2.11. The van der Waals surface area contributed by atoms with Gasteiger partial charge in [0.15, 0.2) is 0 Å². The molecule has 0 saturated carbocycles. The zero-order valence-corrected chi connectivity index (χ0v) is 15.8. The Labute approximate surface area is 162 Å². The summed E-state index contributed by atoms with van der Waals surface area (Å²) in [7, 11) is -2.19. The number of ether oxygens (including phenoxy) is 1. The number of amides is 1. The van der Waals surface area contributed by atoms with Crippen molar-refractivity contribution in [2.45, 2.75) is 11.4 Å². The van der Waals surface area contributed by atoms with Gasteiger partial charge < -0.3 is 10.1 Å². The molecule has 0 aliphatic heterocycles. The Morgan fingerprint density at radius 1 is 1.07 bits per heavy atom. The van der Waals surface area contributed by atoms with E-state index in [1.165, 1.54) is 30.6 Å². The van der Waals surface area contributed by atoms with Crippen LogP contribution in [0.4, 0.5) is 0 Å². The van der Waals surface area contributed by atoms with E-state index in [1.807, 2.05) is 24.3 Å². The Bertz CT molecular complexity index is 1080. The molecular formula is C19H18N4O4S. The van der Waals surface area contributed by atoms with Gasteiger partial charge in [-0.25, -0.2) is 23.5 Å². The highest BCUT2D eigenvalue weighted by molar-refractivity contribution is 7.89. The molecule has 0 atom stereocenters. The van der Waals surface area contributed by atoms with Crippen LogP contribution in [0.2, 0.25) is 0 Å². The third-order valence-corrected chi connectivity index (χ3v) is 4.91. The number of carbonyl (C=O) groups excluding carboxylic acids is 1. The molecule has 0 radical (unpaired) electrons. The average molecular weight is 398 g/mol. The molecule has 2 aromatic carbocycles. The van der Waals surface area contributed by atoms with Crippen LogP contribution in [0.3, 0.4) is 0 Å². The van der Waals surface area contributed by atoms with Gasteiger partial charge >= 0.3 is 0 Å². The summed E-state index contributed by atoms with van der Waals surface area (Å²) >= 11 is 0. The molecule has 0 bridgehead atoms. The number of nitrogens with zero attached hydrogens (tertiary/aromatic N) is 2. The van der Waals surface area contributed by atoms with E-state index in [1.54, 1.807) is 13.2 Å². The predicted octanol–water partition coefficient (Wildman–Crippen LogP) is 1.73. The zero-order valence-electron chi connectivity index (χ0n) is 15.0. The number of rotatable bonds is 6. The Morgan fingerprint density at radius 2 is 1.75 bits per heavy atom. The zero-order chi connectivity index (χ0) is 20.1. The molecule has 3 aromatic rings. The number of aromatic nitrogens is 2. The highest BCUT2D eigenvalue weighted by atomic mass is 32.2. The summed E-state index contributed by atoms with van der Waals surface area (Å²) in [6, 6.07) is 14.6. The molecule has 3 N–H and O–H groups in total. The Balaban J connectivity index is 1.68. The molecule has 1 aromatic heterocycles. The molecule has 9 heteroatoms. The van der Waals surface area contributed by atoms with Crippen LogP contribution in [0.25, 0.3) is 11.3 Å².